The van der Waals surface area contributed by atoms with Crippen LogP contribution in [-0.4, -0.2) is 41.5 Å². The molecule has 1 aliphatic heterocycles. The lowest BCUT2D eigenvalue weighted by Gasteiger charge is -2.31. The Morgan fingerprint density at radius 1 is 1.53 bits per heavy atom. The molecule has 1 atom stereocenters. The Kier molecular flexibility index (Phi) is 4.91. The summed E-state index contributed by atoms with van der Waals surface area (Å²) in [5.41, 5.74) is 0.636. The van der Waals surface area contributed by atoms with E-state index < -0.39 is 0 Å². The second-order valence-corrected chi connectivity index (χ2v) is 5.65. The quantitative estimate of drug-likeness (QED) is 0.847. The largest absolute Gasteiger partial charge is 0.334 e. The van der Waals surface area contributed by atoms with Crippen molar-refractivity contribution in [3.63, 3.8) is 0 Å². The van der Waals surface area contributed by atoms with Crippen molar-refractivity contribution in [1.82, 2.24) is 15.2 Å². The van der Waals surface area contributed by atoms with Crippen LogP contribution in [0.1, 0.15) is 27.3 Å². The van der Waals surface area contributed by atoms with Gasteiger partial charge >= 0.3 is 0 Å². The second-order valence-electron chi connectivity index (χ2n) is 4.24. The maximum atomic E-state index is 12.2. The van der Waals surface area contributed by atoms with Crippen molar-refractivity contribution >= 4 is 29.7 Å². The van der Waals surface area contributed by atoms with E-state index in [0.717, 1.165) is 29.5 Å². The van der Waals surface area contributed by atoms with E-state index in [0.29, 0.717) is 11.7 Å². The first-order valence-corrected chi connectivity index (χ1v) is 6.36. The molecule has 1 saturated heterocycles. The molecule has 0 bridgehead atoms. The van der Waals surface area contributed by atoms with Gasteiger partial charge in [0.1, 0.15) is 5.69 Å². The van der Waals surface area contributed by atoms with E-state index in [9.17, 15) is 4.79 Å². The van der Waals surface area contributed by atoms with E-state index in [1.165, 1.54) is 0 Å². The summed E-state index contributed by atoms with van der Waals surface area (Å²) in [6, 6.07) is 0.373. The summed E-state index contributed by atoms with van der Waals surface area (Å²) in [7, 11) is 0. The molecule has 4 nitrogen and oxygen atoms in total. The molecule has 1 aromatic rings. The highest BCUT2D eigenvalue weighted by molar-refractivity contribution is 7.11. The zero-order valence-corrected chi connectivity index (χ0v) is 12.0. The van der Waals surface area contributed by atoms with Crippen LogP contribution in [0.4, 0.5) is 0 Å². The summed E-state index contributed by atoms with van der Waals surface area (Å²) in [6.07, 6.45) is 0. The van der Waals surface area contributed by atoms with Crippen LogP contribution in [-0.2, 0) is 0 Å². The van der Waals surface area contributed by atoms with Crippen molar-refractivity contribution in [3.05, 3.63) is 15.6 Å². The first-order chi connectivity index (χ1) is 7.58. The first-order valence-electron chi connectivity index (χ1n) is 5.54. The minimum Gasteiger partial charge on any atom is -0.334 e. The third kappa shape index (κ3) is 3.18. The van der Waals surface area contributed by atoms with Gasteiger partial charge < -0.3 is 10.2 Å². The van der Waals surface area contributed by atoms with Crippen molar-refractivity contribution in [2.24, 2.45) is 0 Å². The van der Waals surface area contributed by atoms with Gasteiger partial charge in [-0.2, -0.15) is 0 Å². The van der Waals surface area contributed by atoms with Crippen LogP contribution in [0.2, 0.25) is 0 Å². The number of aromatic nitrogens is 1. The smallest absolute Gasteiger partial charge is 0.273 e. The molecular formula is C11H18ClN3OS. The van der Waals surface area contributed by atoms with Crippen molar-refractivity contribution in [2.45, 2.75) is 26.8 Å². The summed E-state index contributed by atoms with van der Waals surface area (Å²) in [6.45, 7) is 8.42. The lowest BCUT2D eigenvalue weighted by molar-refractivity contribution is 0.0703. The van der Waals surface area contributed by atoms with Gasteiger partial charge in [-0.25, -0.2) is 4.98 Å². The minimum atomic E-state index is 0. The fourth-order valence-corrected chi connectivity index (χ4v) is 2.80. The summed E-state index contributed by atoms with van der Waals surface area (Å²) in [5, 5.41) is 4.29. The van der Waals surface area contributed by atoms with Crippen LogP contribution in [0.3, 0.4) is 0 Å². The van der Waals surface area contributed by atoms with Gasteiger partial charge in [0.25, 0.3) is 5.91 Å². The van der Waals surface area contributed by atoms with Crippen LogP contribution < -0.4 is 5.32 Å². The molecule has 0 unspecified atom stereocenters. The number of piperazine rings is 1. The molecule has 2 rings (SSSR count). The van der Waals surface area contributed by atoms with Crippen LogP contribution in [0.5, 0.6) is 0 Å². The number of amides is 1. The van der Waals surface area contributed by atoms with Crippen molar-refractivity contribution in [3.8, 4) is 0 Å². The monoisotopic (exact) mass is 275 g/mol. The highest BCUT2D eigenvalue weighted by Crippen LogP contribution is 2.18. The molecule has 1 N–H and O–H groups in total. The Bertz CT molecular complexity index is 407. The number of nitrogens with one attached hydrogen (secondary N) is 1. The Balaban J connectivity index is 0.00000144. The van der Waals surface area contributed by atoms with Crippen LogP contribution in [0, 0.1) is 13.8 Å². The van der Waals surface area contributed by atoms with Crippen molar-refractivity contribution < 1.29 is 4.79 Å². The lowest BCUT2D eigenvalue weighted by Crippen LogP contribution is -2.51. The molecule has 0 aliphatic carbocycles. The second kappa shape index (κ2) is 5.80. The van der Waals surface area contributed by atoms with Crippen LogP contribution in [0.25, 0.3) is 0 Å². The normalized spacial score (nSPS) is 19.9. The molecule has 6 heteroatoms. The van der Waals surface area contributed by atoms with Gasteiger partial charge in [0.15, 0.2) is 0 Å². The zero-order valence-electron chi connectivity index (χ0n) is 10.3. The van der Waals surface area contributed by atoms with Crippen LogP contribution in [0.15, 0.2) is 0 Å². The average Bonchev–Trinajstić information content (AvgIpc) is 2.57. The summed E-state index contributed by atoms with van der Waals surface area (Å²) < 4.78 is 0. The van der Waals surface area contributed by atoms with Gasteiger partial charge in [0, 0.05) is 30.6 Å². The predicted octanol–water partition coefficient (Wildman–Crippen LogP) is 1.62. The molecule has 2 heterocycles. The maximum absolute atomic E-state index is 12.2. The maximum Gasteiger partial charge on any atom is 0.273 e. The lowest BCUT2D eigenvalue weighted by atomic mass is 10.2. The summed E-state index contributed by atoms with van der Waals surface area (Å²) in [4.78, 5) is 19.5. The van der Waals surface area contributed by atoms with E-state index in [4.69, 9.17) is 0 Å². The van der Waals surface area contributed by atoms with E-state index in [1.807, 2.05) is 18.7 Å². The van der Waals surface area contributed by atoms with E-state index in [1.54, 1.807) is 11.3 Å². The Hall–Kier alpha value is -0.650. The number of hydrogen-bond donors (Lipinski definition) is 1. The number of halogens is 1. The standard InChI is InChI=1S/C11H17N3OS.ClH/c1-7-6-14(5-4-12-7)11(15)10-8(2)16-9(3)13-10;/h7,12H,4-6H2,1-3H3;1H/t7-;/m1./s1. The van der Waals surface area contributed by atoms with Gasteiger partial charge in [0.05, 0.1) is 5.01 Å². The molecular weight excluding hydrogens is 258 g/mol. The Morgan fingerprint density at radius 2 is 2.24 bits per heavy atom. The zero-order chi connectivity index (χ0) is 11.7. The van der Waals surface area contributed by atoms with Crippen molar-refractivity contribution in [1.29, 1.82) is 0 Å². The minimum absolute atomic E-state index is 0. The SMILES string of the molecule is Cc1nc(C(=O)N2CCN[C@H](C)C2)c(C)s1.Cl. The fraction of sp³-hybridized carbons (Fsp3) is 0.636. The van der Waals surface area contributed by atoms with Crippen molar-refractivity contribution in [2.75, 3.05) is 19.6 Å². The molecule has 0 saturated carbocycles. The average molecular weight is 276 g/mol. The Morgan fingerprint density at radius 3 is 2.76 bits per heavy atom. The number of aryl methyl sites for hydroxylation is 2. The molecule has 17 heavy (non-hydrogen) atoms. The number of rotatable bonds is 1. The molecule has 1 amide bonds. The highest BCUT2D eigenvalue weighted by atomic mass is 35.5. The first kappa shape index (κ1) is 14.4. The number of nitrogens with zero attached hydrogens (tertiary/aromatic N) is 2. The number of carbonyl (C=O) groups is 1. The van der Waals surface area contributed by atoms with E-state index in [2.05, 4.69) is 17.2 Å². The summed E-state index contributed by atoms with van der Waals surface area (Å²) in [5.74, 6) is 0.0789. The predicted molar refractivity (Wildman–Crippen MR) is 72.2 cm³/mol. The Labute approximate surface area is 112 Å². The fourth-order valence-electron chi connectivity index (χ4n) is 1.99. The highest BCUT2D eigenvalue weighted by Gasteiger charge is 2.24. The van der Waals surface area contributed by atoms with E-state index in [-0.39, 0.29) is 18.3 Å². The number of thiazole rings is 1. The van der Waals surface area contributed by atoms with Crippen LogP contribution >= 0.6 is 23.7 Å². The van der Waals surface area contributed by atoms with Gasteiger partial charge in [-0.15, -0.1) is 23.7 Å². The molecule has 0 radical (unpaired) electrons. The van der Waals surface area contributed by atoms with Gasteiger partial charge in [-0.3, -0.25) is 4.79 Å². The third-order valence-electron chi connectivity index (χ3n) is 2.76. The summed E-state index contributed by atoms with van der Waals surface area (Å²) >= 11 is 1.59. The topological polar surface area (TPSA) is 45.2 Å². The molecule has 96 valence electrons. The third-order valence-corrected chi connectivity index (χ3v) is 3.65. The number of carbonyl (C=O) groups excluding carboxylic acids is 1. The van der Waals surface area contributed by atoms with Gasteiger partial charge in [-0.05, 0) is 20.8 Å². The van der Waals surface area contributed by atoms with Gasteiger partial charge in [0.2, 0.25) is 0 Å². The van der Waals surface area contributed by atoms with E-state index >= 15 is 0 Å². The molecule has 1 aromatic heterocycles. The molecule has 0 aromatic carbocycles. The molecule has 1 aliphatic rings. The molecule has 1 fully saturated rings. The molecule has 0 spiro atoms. The number of hydrogen-bond acceptors (Lipinski definition) is 4. The van der Waals surface area contributed by atoms with Gasteiger partial charge in [-0.1, -0.05) is 0 Å².